The molecule has 146 valence electrons. The van der Waals surface area contributed by atoms with Gasteiger partial charge in [0.05, 0.1) is 11.6 Å². The summed E-state index contributed by atoms with van der Waals surface area (Å²) in [6.07, 6.45) is 1.60. The molecule has 2 aromatic carbocycles. The van der Waals surface area contributed by atoms with Crippen molar-refractivity contribution in [2.24, 2.45) is 0 Å². The molecule has 3 aromatic rings. The summed E-state index contributed by atoms with van der Waals surface area (Å²) in [5.41, 5.74) is 4.35. The van der Waals surface area contributed by atoms with Crippen LogP contribution in [-0.4, -0.2) is 24.0 Å². The van der Waals surface area contributed by atoms with Gasteiger partial charge in [-0.3, -0.25) is 9.78 Å². The number of nitriles is 1. The topological polar surface area (TPSA) is 81.1 Å². The minimum Gasteiger partial charge on any atom is -0.372 e. The average Bonchev–Trinajstić information content (AvgIpc) is 2.76. The summed E-state index contributed by atoms with van der Waals surface area (Å²) in [5.74, 6) is -0.310. The van der Waals surface area contributed by atoms with Gasteiger partial charge < -0.3 is 15.5 Å². The molecule has 1 amide bonds. The number of amides is 1. The molecule has 0 unspecified atom stereocenters. The molecule has 1 aromatic heterocycles. The van der Waals surface area contributed by atoms with Crippen molar-refractivity contribution >= 4 is 28.7 Å². The van der Waals surface area contributed by atoms with E-state index in [0.717, 1.165) is 24.5 Å². The molecule has 0 atom stereocenters. The van der Waals surface area contributed by atoms with E-state index in [1.54, 1.807) is 36.5 Å². The molecule has 0 spiro atoms. The van der Waals surface area contributed by atoms with Crippen molar-refractivity contribution < 1.29 is 4.79 Å². The second-order valence-electron chi connectivity index (χ2n) is 6.42. The predicted molar refractivity (Wildman–Crippen MR) is 117 cm³/mol. The van der Waals surface area contributed by atoms with Gasteiger partial charge in [-0.25, -0.2) is 0 Å². The van der Waals surface area contributed by atoms with Crippen LogP contribution in [0, 0.1) is 11.3 Å². The van der Waals surface area contributed by atoms with Crippen molar-refractivity contribution in [1.29, 1.82) is 5.26 Å². The smallest absolute Gasteiger partial charge is 0.274 e. The molecule has 0 radical (unpaired) electrons. The van der Waals surface area contributed by atoms with Crippen LogP contribution in [0.1, 0.15) is 29.9 Å². The molecule has 6 nitrogen and oxygen atoms in total. The Morgan fingerprint density at radius 2 is 1.62 bits per heavy atom. The zero-order valence-electron chi connectivity index (χ0n) is 16.5. The first-order valence-corrected chi connectivity index (χ1v) is 9.52. The molecule has 1 heterocycles. The Balaban J connectivity index is 1.68. The lowest BCUT2D eigenvalue weighted by Crippen LogP contribution is -2.21. The summed E-state index contributed by atoms with van der Waals surface area (Å²) < 4.78 is 0. The van der Waals surface area contributed by atoms with Gasteiger partial charge in [-0.05, 0) is 74.5 Å². The van der Waals surface area contributed by atoms with Crippen molar-refractivity contribution in [2.75, 3.05) is 28.6 Å². The van der Waals surface area contributed by atoms with Crippen molar-refractivity contribution in [3.8, 4) is 6.07 Å². The third-order valence-electron chi connectivity index (χ3n) is 4.55. The van der Waals surface area contributed by atoms with E-state index in [1.807, 2.05) is 24.3 Å². The number of nitrogens with one attached hydrogen (secondary N) is 2. The first-order valence-electron chi connectivity index (χ1n) is 9.52. The number of aromatic nitrogens is 1. The lowest BCUT2D eigenvalue weighted by molar-refractivity contribution is 0.102. The molecule has 3 rings (SSSR count). The van der Waals surface area contributed by atoms with E-state index in [0.29, 0.717) is 16.9 Å². The van der Waals surface area contributed by atoms with E-state index in [2.05, 4.69) is 46.5 Å². The van der Waals surface area contributed by atoms with Gasteiger partial charge in [0.2, 0.25) is 0 Å². The van der Waals surface area contributed by atoms with Gasteiger partial charge in [0.15, 0.2) is 0 Å². The Morgan fingerprint density at radius 3 is 2.24 bits per heavy atom. The van der Waals surface area contributed by atoms with Crippen LogP contribution in [-0.2, 0) is 0 Å². The van der Waals surface area contributed by atoms with E-state index in [4.69, 9.17) is 5.26 Å². The summed E-state index contributed by atoms with van der Waals surface area (Å²) in [7, 11) is 0. The van der Waals surface area contributed by atoms with Crippen LogP contribution in [0.5, 0.6) is 0 Å². The number of carbonyl (C=O) groups excluding carboxylic acids is 1. The quantitative estimate of drug-likeness (QED) is 0.611. The minimum atomic E-state index is -0.310. The number of benzene rings is 2. The van der Waals surface area contributed by atoms with Gasteiger partial charge in [0, 0.05) is 42.0 Å². The SMILES string of the molecule is CCN(CC)c1ccc(Nc2ccnc(C(=O)Nc3ccc(C#N)cc3)c2)cc1. The Bertz CT molecular complexity index is 1000. The second-order valence-corrected chi connectivity index (χ2v) is 6.42. The number of carbonyl (C=O) groups is 1. The second kappa shape index (κ2) is 9.38. The highest BCUT2D eigenvalue weighted by Crippen LogP contribution is 2.21. The zero-order chi connectivity index (χ0) is 20.6. The molecule has 6 heteroatoms. The van der Waals surface area contributed by atoms with Crippen molar-refractivity contribution in [1.82, 2.24) is 4.98 Å². The van der Waals surface area contributed by atoms with Crippen LogP contribution in [0.15, 0.2) is 66.9 Å². The largest absolute Gasteiger partial charge is 0.372 e. The number of hydrogen-bond donors (Lipinski definition) is 2. The zero-order valence-corrected chi connectivity index (χ0v) is 16.5. The minimum absolute atomic E-state index is 0.305. The van der Waals surface area contributed by atoms with E-state index < -0.39 is 0 Å². The van der Waals surface area contributed by atoms with Crippen LogP contribution in [0.25, 0.3) is 0 Å². The Labute approximate surface area is 170 Å². The number of pyridine rings is 1. The van der Waals surface area contributed by atoms with Crippen LogP contribution in [0.3, 0.4) is 0 Å². The van der Waals surface area contributed by atoms with Gasteiger partial charge in [0.1, 0.15) is 5.69 Å². The molecule has 0 aliphatic heterocycles. The van der Waals surface area contributed by atoms with Gasteiger partial charge in [-0.1, -0.05) is 0 Å². The maximum absolute atomic E-state index is 12.5. The summed E-state index contributed by atoms with van der Waals surface area (Å²) in [4.78, 5) is 18.9. The highest BCUT2D eigenvalue weighted by molar-refractivity contribution is 6.03. The van der Waals surface area contributed by atoms with Gasteiger partial charge >= 0.3 is 0 Å². The summed E-state index contributed by atoms with van der Waals surface area (Å²) in [5, 5.41) is 14.9. The van der Waals surface area contributed by atoms with E-state index in [-0.39, 0.29) is 5.91 Å². The third kappa shape index (κ3) is 5.11. The molecular weight excluding hydrogens is 362 g/mol. The molecule has 0 bridgehead atoms. The highest BCUT2D eigenvalue weighted by Gasteiger charge is 2.09. The Morgan fingerprint density at radius 1 is 0.966 bits per heavy atom. The maximum Gasteiger partial charge on any atom is 0.274 e. The standard InChI is InChI=1S/C23H23N5O/c1-3-28(4-2)21-11-9-18(10-12-21)26-20-13-14-25-22(15-20)23(29)27-19-7-5-17(16-24)6-8-19/h5-15H,3-4H2,1-2H3,(H,25,26)(H,27,29). The van der Waals surface area contributed by atoms with Crippen molar-refractivity contribution in [3.05, 3.63) is 78.1 Å². The van der Waals surface area contributed by atoms with Crippen LogP contribution in [0.4, 0.5) is 22.7 Å². The lowest BCUT2D eigenvalue weighted by atomic mass is 10.2. The highest BCUT2D eigenvalue weighted by atomic mass is 16.1. The number of rotatable bonds is 7. The van der Waals surface area contributed by atoms with Crippen molar-refractivity contribution in [2.45, 2.75) is 13.8 Å². The number of anilines is 4. The molecule has 2 N–H and O–H groups in total. The Kier molecular flexibility index (Phi) is 6.43. The molecule has 29 heavy (non-hydrogen) atoms. The van der Waals surface area contributed by atoms with Gasteiger partial charge in [0.25, 0.3) is 5.91 Å². The summed E-state index contributed by atoms with van der Waals surface area (Å²) in [6, 6.07) is 20.5. The first kappa shape index (κ1) is 19.9. The average molecular weight is 385 g/mol. The van der Waals surface area contributed by atoms with E-state index in [1.165, 1.54) is 5.69 Å². The fraction of sp³-hybridized carbons (Fsp3) is 0.174. The summed E-state index contributed by atoms with van der Waals surface area (Å²) in [6.45, 7) is 6.20. The van der Waals surface area contributed by atoms with Crippen LogP contribution < -0.4 is 15.5 Å². The first-order chi connectivity index (χ1) is 14.1. The van der Waals surface area contributed by atoms with E-state index >= 15 is 0 Å². The predicted octanol–water partition coefficient (Wildman–Crippen LogP) is 4.80. The third-order valence-corrected chi connectivity index (χ3v) is 4.55. The monoisotopic (exact) mass is 385 g/mol. The fourth-order valence-electron chi connectivity index (χ4n) is 2.97. The van der Waals surface area contributed by atoms with Crippen LogP contribution in [0.2, 0.25) is 0 Å². The number of hydrogen-bond acceptors (Lipinski definition) is 5. The summed E-state index contributed by atoms with van der Waals surface area (Å²) >= 11 is 0. The Hall–Kier alpha value is -3.85. The molecule has 0 aliphatic rings. The molecular formula is C23H23N5O. The lowest BCUT2D eigenvalue weighted by Gasteiger charge is -2.21. The van der Waals surface area contributed by atoms with Gasteiger partial charge in [-0.15, -0.1) is 0 Å². The fourth-order valence-corrected chi connectivity index (χ4v) is 2.97. The van der Waals surface area contributed by atoms with E-state index in [9.17, 15) is 4.79 Å². The molecule has 0 aliphatic carbocycles. The van der Waals surface area contributed by atoms with Crippen LogP contribution >= 0.6 is 0 Å². The normalized spacial score (nSPS) is 10.1. The maximum atomic E-state index is 12.5. The van der Waals surface area contributed by atoms with Crippen molar-refractivity contribution in [3.63, 3.8) is 0 Å². The molecule has 0 fully saturated rings. The number of nitrogens with zero attached hydrogens (tertiary/aromatic N) is 3. The molecule has 0 saturated carbocycles. The molecule has 0 saturated heterocycles. The van der Waals surface area contributed by atoms with Gasteiger partial charge in [-0.2, -0.15) is 5.26 Å².